The Morgan fingerprint density at radius 3 is 2.56 bits per heavy atom. The van der Waals surface area contributed by atoms with Crippen LogP contribution >= 0.6 is 34.5 Å². The lowest BCUT2D eigenvalue weighted by molar-refractivity contribution is -0.383. The molecule has 5 rings (SSSR count). The van der Waals surface area contributed by atoms with Crippen molar-refractivity contribution in [2.45, 2.75) is 18.8 Å². The van der Waals surface area contributed by atoms with E-state index in [-0.39, 0.29) is 42.8 Å². The van der Waals surface area contributed by atoms with Gasteiger partial charge in [-0.2, -0.15) is 0 Å². The fourth-order valence-corrected chi connectivity index (χ4v) is 4.77. The molecule has 0 saturated heterocycles. The number of hydrogen-bond acceptors (Lipinski definition) is 8. The SMILES string of the molecule is O=C(c1nc(Cl)sc1Cl)N(c1ccc(F)cc1C1CC1)c1ccc([N+](=O)[O-])c2nonc12. The number of non-ortho nitro benzene ring substituents is 1. The molecule has 1 amide bonds. The van der Waals surface area contributed by atoms with Gasteiger partial charge in [0.15, 0.2) is 15.7 Å². The summed E-state index contributed by atoms with van der Waals surface area (Å²) in [5.74, 6) is -1.05. The molecule has 0 unspecified atom stereocenters. The summed E-state index contributed by atoms with van der Waals surface area (Å²) < 4.78 is 18.9. The Bertz CT molecular complexity index is 1400. The number of nitro groups is 1. The van der Waals surface area contributed by atoms with Crippen LogP contribution in [0, 0.1) is 15.9 Å². The number of carbonyl (C=O) groups is 1. The first kappa shape index (κ1) is 20.7. The number of carbonyl (C=O) groups excluding carboxylic acids is 1. The van der Waals surface area contributed by atoms with Gasteiger partial charge in [0, 0.05) is 6.07 Å². The molecule has 32 heavy (non-hydrogen) atoms. The molecule has 9 nitrogen and oxygen atoms in total. The highest BCUT2D eigenvalue weighted by Crippen LogP contribution is 2.47. The molecule has 4 aromatic rings. The van der Waals surface area contributed by atoms with E-state index in [1.54, 1.807) is 0 Å². The predicted molar refractivity (Wildman–Crippen MR) is 115 cm³/mol. The van der Waals surface area contributed by atoms with Crippen molar-refractivity contribution in [2.75, 3.05) is 4.90 Å². The number of rotatable bonds is 5. The molecule has 1 aliphatic rings. The zero-order chi connectivity index (χ0) is 22.6. The lowest BCUT2D eigenvalue weighted by atomic mass is 10.1. The highest BCUT2D eigenvalue weighted by Gasteiger charge is 2.35. The molecule has 2 aromatic carbocycles. The lowest BCUT2D eigenvalue weighted by Crippen LogP contribution is -2.28. The third-order valence-electron chi connectivity index (χ3n) is 5.02. The number of benzene rings is 2. The number of aromatic nitrogens is 3. The topological polar surface area (TPSA) is 115 Å². The zero-order valence-electron chi connectivity index (χ0n) is 15.8. The van der Waals surface area contributed by atoms with E-state index < -0.39 is 16.6 Å². The number of nitrogens with zero attached hydrogens (tertiary/aromatic N) is 5. The average molecular weight is 494 g/mol. The van der Waals surface area contributed by atoms with Gasteiger partial charge in [-0.05, 0) is 58.9 Å². The van der Waals surface area contributed by atoms with Gasteiger partial charge >= 0.3 is 5.69 Å². The van der Waals surface area contributed by atoms with E-state index in [1.165, 1.54) is 35.2 Å². The molecule has 0 N–H and O–H groups in total. The summed E-state index contributed by atoms with van der Waals surface area (Å²) in [6, 6.07) is 6.60. The molecule has 0 atom stereocenters. The Balaban J connectivity index is 1.77. The number of anilines is 2. The van der Waals surface area contributed by atoms with E-state index in [0.717, 1.165) is 24.2 Å². The number of amides is 1. The van der Waals surface area contributed by atoms with Crippen molar-refractivity contribution in [3.63, 3.8) is 0 Å². The lowest BCUT2D eigenvalue weighted by Gasteiger charge is -2.25. The average Bonchev–Trinajstić information content (AvgIpc) is 3.38. The van der Waals surface area contributed by atoms with Gasteiger partial charge in [0.1, 0.15) is 10.2 Å². The van der Waals surface area contributed by atoms with Crippen LogP contribution in [0.3, 0.4) is 0 Å². The van der Waals surface area contributed by atoms with Gasteiger partial charge in [-0.3, -0.25) is 19.8 Å². The van der Waals surface area contributed by atoms with E-state index >= 15 is 0 Å². The van der Waals surface area contributed by atoms with Gasteiger partial charge in [-0.1, -0.05) is 34.5 Å². The Kier molecular flexibility index (Phi) is 5.03. The normalized spacial score (nSPS) is 13.5. The molecule has 1 aliphatic carbocycles. The van der Waals surface area contributed by atoms with Gasteiger partial charge < -0.3 is 0 Å². The second-order valence-electron chi connectivity index (χ2n) is 7.03. The number of hydrogen-bond donors (Lipinski definition) is 0. The summed E-state index contributed by atoms with van der Waals surface area (Å²) in [6.07, 6.45) is 1.67. The molecule has 0 bridgehead atoms. The van der Waals surface area contributed by atoms with Crippen LogP contribution in [0.1, 0.15) is 34.8 Å². The number of fused-ring (bicyclic) bond motifs is 1. The first-order valence-corrected chi connectivity index (χ1v) is 10.8. The summed E-state index contributed by atoms with van der Waals surface area (Å²) in [5, 5.41) is 18.8. The van der Waals surface area contributed by atoms with Crippen molar-refractivity contribution in [1.29, 1.82) is 0 Å². The summed E-state index contributed by atoms with van der Waals surface area (Å²) in [7, 11) is 0. The third-order valence-corrected chi connectivity index (χ3v) is 6.38. The molecule has 0 spiro atoms. The second kappa shape index (κ2) is 7.76. The fraction of sp³-hybridized carbons (Fsp3) is 0.158. The molecule has 1 fully saturated rings. The Morgan fingerprint density at radius 2 is 1.91 bits per heavy atom. The van der Waals surface area contributed by atoms with Crippen LogP contribution in [-0.4, -0.2) is 26.1 Å². The molecular formula is C19H10Cl2FN5O4S. The van der Waals surface area contributed by atoms with Gasteiger partial charge in [-0.25, -0.2) is 14.0 Å². The molecule has 2 heterocycles. The van der Waals surface area contributed by atoms with Crippen LogP contribution in [0.25, 0.3) is 11.0 Å². The second-order valence-corrected chi connectivity index (χ2v) is 9.21. The maximum atomic E-state index is 14.1. The maximum absolute atomic E-state index is 14.1. The van der Waals surface area contributed by atoms with Gasteiger partial charge in [0.25, 0.3) is 5.91 Å². The van der Waals surface area contributed by atoms with Gasteiger partial charge in [-0.15, -0.1) is 0 Å². The van der Waals surface area contributed by atoms with Crippen molar-refractivity contribution in [3.8, 4) is 0 Å². The van der Waals surface area contributed by atoms with Crippen molar-refractivity contribution in [3.05, 3.63) is 66.3 Å². The van der Waals surface area contributed by atoms with Crippen LogP contribution in [0.2, 0.25) is 8.80 Å². The summed E-state index contributed by atoms with van der Waals surface area (Å²) in [4.78, 5) is 29.7. The smallest absolute Gasteiger partial charge is 0.273 e. The van der Waals surface area contributed by atoms with E-state index in [4.69, 9.17) is 27.8 Å². The Morgan fingerprint density at radius 1 is 1.19 bits per heavy atom. The largest absolute Gasteiger partial charge is 0.300 e. The van der Waals surface area contributed by atoms with Crippen LogP contribution in [-0.2, 0) is 0 Å². The quantitative estimate of drug-likeness (QED) is 0.251. The Hall–Kier alpha value is -3.15. The summed E-state index contributed by atoms with van der Waals surface area (Å²) in [6.45, 7) is 0. The summed E-state index contributed by atoms with van der Waals surface area (Å²) >= 11 is 13.1. The fourth-order valence-electron chi connectivity index (χ4n) is 3.48. The Labute approximate surface area is 192 Å². The van der Waals surface area contributed by atoms with Gasteiger partial charge in [0.05, 0.1) is 16.3 Å². The number of nitro benzene ring substituents is 1. The van der Waals surface area contributed by atoms with E-state index in [0.29, 0.717) is 11.3 Å². The van der Waals surface area contributed by atoms with Crippen molar-refractivity contribution in [2.24, 2.45) is 0 Å². The van der Waals surface area contributed by atoms with Gasteiger partial charge in [0.2, 0.25) is 5.52 Å². The van der Waals surface area contributed by atoms with Crippen LogP contribution < -0.4 is 4.90 Å². The van der Waals surface area contributed by atoms with Crippen LogP contribution in [0.15, 0.2) is 35.0 Å². The van der Waals surface area contributed by atoms with Crippen LogP contribution in [0.4, 0.5) is 21.5 Å². The summed E-state index contributed by atoms with van der Waals surface area (Å²) in [5.41, 5.74) is 0.518. The minimum atomic E-state index is -0.662. The monoisotopic (exact) mass is 493 g/mol. The maximum Gasteiger partial charge on any atom is 0.300 e. The third kappa shape index (κ3) is 3.48. The van der Waals surface area contributed by atoms with Crippen molar-refractivity contribution in [1.82, 2.24) is 15.3 Å². The van der Waals surface area contributed by atoms with Crippen molar-refractivity contribution >= 4 is 68.5 Å². The molecule has 0 radical (unpaired) electrons. The predicted octanol–water partition coefficient (Wildman–Crippen LogP) is 5.89. The highest BCUT2D eigenvalue weighted by molar-refractivity contribution is 7.19. The van der Waals surface area contributed by atoms with E-state index in [9.17, 15) is 19.3 Å². The van der Waals surface area contributed by atoms with Crippen molar-refractivity contribution < 1.29 is 18.7 Å². The van der Waals surface area contributed by atoms with Crippen LogP contribution in [0.5, 0.6) is 0 Å². The molecule has 13 heteroatoms. The first-order valence-electron chi connectivity index (χ1n) is 9.20. The minimum absolute atomic E-state index is 0.0175. The van der Waals surface area contributed by atoms with E-state index in [2.05, 4.69) is 15.3 Å². The molecule has 162 valence electrons. The molecular weight excluding hydrogens is 484 g/mol. The highest BCUT2D eigenvalue weighted by atomic mass is 35.5. The molecule has 1 saturated carbocycles. The minimum Gasteiger partial charge on any atom is -0.273 e. The van der Waals surface area contributed by atoms with E-state index in [1.807, 2.05) is 0 Å². The first-order chi connectivity index (χ1) is 15.3. The molecule has 2 aromatic heterocycles. The number of halogens is 3. The standard InChI is InChI=1S/C19H10Cl2FN5O4S/c20-17-16(23-19(21)32-17)18(28)26(11-4-3-9(22)7-10(11)8-1-2-8)12-5-6-13(27(29)30)15-14(12)24-31-25-15/h3-8H,1-2H2. The zero-order valence-corrected chi connectivity index (χ0v) is 18.1. The number of thiazole rings is 1. The molecule has 0 aliphatic heterocycles.